The van der Waals surface area contributed by atoms with Crippen molar-refractivity contribution in [1.82, 2.24) is 9.88 Å². The Balaban J connectivity index is 1.74. The van der Waals surface area contributed by atoms with E-state index >= 15 is 0 Å². The normalized spacial score (nSPS) is 27.2. The Bertz CT molecular complexity index is 1450. The second-order valence-corrected chi connectivity index (χ2v) is 10.2. The average Bonchev–Trinajstić information content (AvgIpc) is 2.82. The fourth-order valence-corrected chi connectivity index (χ4v) is 6.16. The van der Waals surface area contributed by atoms with Crippen molar-refractivity contribution in [3.05, 3.63) is 63.6 Å². The summed E-state index contributed by atoms with van der Waals surface area (Å²) in [5.41, 5.74) is 3.51. The highest BCUT2D eigenvalue weighted by Crippen LogP contribution is 2.53. The number of carbonyl (C=O) groups excluding carboxylic acids is 3. The summed E-state index contributed by atoms with van der Waals surface area (Å²) in [6.45, 7) is 0. The van der Waals surface area contributed by atoms with Crippen LogP contribution in [-0.4, -0.2) is 73.5 Å². The fourth-order valence-electron chi connectivity index (χ4n) is 6.05. The van der Waals surface area contributed by atoms with Crippen LogP contribution in [0, 0.1) is 11.8 Å². The lowest BCUT2D eigenvalue weighted by molar-refractivity contribution is -0.153. The van der Waals surface area contributed by atoms with Gasteiger partial charge in [-0.15, -0.1) is 0 Å². The number of pyridine rings is 1. The molecule has 0 spiro atoms. The maximum absolute atomic E-state index is 13.8. The Labute approximate surface area is 216 Å². The number of aliphatic hydroxyl groups is 3. The molecular weight excluding hydrogens is 502 g/mol. The predicted molar refractivity (Wildman–Crippen MR) is 132 cm³/mol. The molecule has 5 rings (SSSR count). The second-order valence-electron chi connectivity index (χ2n) is 9.82. The Morgan fingerprint density at radius 1 is 1.16 bits per heavy atom. The quantitative estimate of drug-likeness (QED) is 0.295. The van der Waals surface area contributed by atoms with Gasteiger partial charge in [0.05, 0.1) is 11.6 Å². The van der Waals surface area contributed by atoms with Crippen LogP contribution in [0.5, 0.6) is 5.75 Å². The van der Waals surface area contributed by atoms with Gasteiger partial charge in [0.25, 0.3) is 5.91 Å². The molecule has 0 saturated heterocycles. The van der Waals surface area contributed by atoms with Gasteiger partial charge in [-0.3, -0.25) is 19.3 Å². The molecule has 37 heavy (non-hydrogen) atoms. The van der Waals surface area contributed by atoms with Crippen LogP contribution in [0.15, 0.2) is 47.4 Å². The number of carbonyl (C=O) groups is 3. The molecule has 2 aromatic rings. The number of aromatic hydroxyl groups is 1. The molecule has 3 aliphatic rings. The second kappa shape index (κ2) is 8.41. The fraction of sp³-hybridized carbons (Fsp3) is 0.308. The zero-order valence-corrected chi connectivity index (χ0v) is 20.7. The molecule has 1 aromatic carbocycles. The number of hydrogen-bond acceptors (Lipinski definition) is 9. The summed E-state index contributed by atoms with van der Waals surface area (Å²) >= 11 is 5.92. The van der Waals surface area contributed by atoms with E-state index in [1.807, 2.05) is 0 Å². The maximum Gasteiger partial charge on any atom is 0.255 e. The lowest BCUT2D eigenvalue weighted by Gasteiger charge is -2.50. The molecular formula is C26H24ClN3O7. The molecule has 11 heteroatoms. The van der Waals surface area contributed by atoms with E-state index in [1.165, 1.54) is 11.0 Å². The first kappa shape index (κ1) is 24.9. The van der Waals surface area contributed by atoms with Crippen molar-refractivity contribution in [2.24, 2.45) is 17.6 Å². The topological polar surface area (TPSA) is 174 Å². The van der Waals surface area contributed by atoms with E-state index in [2.05, 4.69) is 4.98 Å². The van der Waals surface area contributed by atoms with Crippen LogP contribution >= 0.6 is 11.6 Å². The molecule has 3 aliphatic carbocycles. The number of aliphatic hydroxyl groups excluding tert-OH is 2. The van der Waals surface area contributed by atoms with Crippen LogP contribution < -0.4 is 5.73 Å². The highest BCUT2D eigenvalue weighted by Gasteiger charge is 2.64. The highest BCUT2D eigenvalue weighted by atomic mass is 35.5. The Hall–Kier alpha value is -3.73. The number of nitrogens with zero attached hydrogens (tertiary/aromatic N) is 2. The summed E-state index contributed by atoms with van der Waals surface area (Å²) < 4.78 is 0. The summed E-state index contributed by atoms with van der Waals surface area (Å²) in [5, 5.41) is 44.8. The first-order valence-corrected chi connectivity index (χ1v) is 11.9. The SMILES string of the molecule is CN(C)C1C(=O)C(C(N)=O)=C(O)[C@@]2(O)C(=O)C3=C(O)c4c(O)ccc(-c5ccc(Cl)nc5)c4C[C@H]3C[C@@H]12. The lowest BCUT2D eigenvalue weighted by atomic mass is 9.57. The molecule has 1 amide bonds. The third kappa shape index (κ3) is 3.40. The summed E-state index contributed by atoms with van der Waals surface area (Å²) in [4.78, 5) is 44.6. The largest absolute Gasteiger partial charge is 0.508 e. The van der Waals surface area contributed by atoms with Gasteiger partial charge in [-0.25, -0.2) is 4.98 Å². The number of primary amides is 1. The minimum Gasteiger partial charge on any atom is -0.508 e. The van der Waals surface area contributed by atoms with E-state index in [-0.39, 0.29) is 29.7 Å². The van der Waals surface area contributed by atoms with Crippen LogP contribution in [0.3, 0.4) is 0 Å². The number of amides is 1. The minimum absolute atomic E-state index is 0.0136. The molecule has 192 valence electrons. The number of likely N-dealkylation sites (N-methyl/N-ethyl adjacent to an activating group) is 1. The first-order valence-electron chi connectivity index (χ1n) is 11.5. The molecule has 1 fully saturated rings. The molecule has 0 bridgehead atoms. The van der Waals surface area contributed by atoms with Gasteiger partial charge in [0, 0.05) is 23.3 Å². The van der Waals surface area contributed by atoms with E-state index in [0.29, 0.717) is 21.8 Å². The van der Waals surface area contributed by atoms with Crippen molar-refractivity contribution in [2.45, 2.75) is 24.5 Å². The molecule has 4 atom stereocenters. The number of phenols is 1. The summed E-state index contributed by atoms with van der Waals surface area (Å²) in [6.07, 6.45) is 1.74. The van der Waals surface area contributed by atoms with Gasteiger partial charge < -0.3 is 26.2 Å². The van der Waals surface area contributed by atoms with E-state index in [4.69, 9.17) is 17.3 Å². The zero-order chi connectivity index (χ0) is 27.0. The third-order valence-electron chi connectivity index (χ3n) is 7.64. The Kier molecular flexibility index (Phi) is 5.67. The smallest absolute Gasteiger partial charge is 0.255 e. The van der Waals surface area contributed by atoms with Gasteiger partial charge in [-0.2, -0.15) is 0 Å². The highest BCUT2D eigenvalue weighted by molar-refractivity contribution is 6.29. The average molecular weight is 526 g/mol. The monoisotopic (exact) mass is 525 g/mol. The molecule has 10 nitrogen and oxygen atoms in total. The van der Waals surface area contributed by atoms with Crippen molar-refractivity contribution >= 4 is 34.8 Å². The van der Waals surface area contributed by atoms with Crippen molar-refractivity contribution in [3.63, 3.8) is 0 Å². The van der Waals surface area contributed by atoms with E-state index in [0.717, 1.165) is 0 Å². The van der Waals surface area contributed by atoms with Crippen LogP contribution in [-0.2, 0) is 20.8 Å². The standard InChI is InChI=1S/C26H24ClN3O7/c1-30(2)20-14-8-11-7-13-12(10-3-6-16(27)29-9-10)4-5-15(31)18(13)21(32)17(11)23(34)26(14,37)24(35)19(22(20)33)25(28)36/h3-6,9,11,14,20,31-32,35,37H,7-8H2,1-2H3,(H2,28,36)/t11-,14-,20?,26-/m0/s1. The van der Waals surface area contributed by atoms with Gasteiger partial charge in [0.15, 0.2) is 11.4 Å². The molecule has 1 saturated carbocycles. The van der Waals surface area contributed by atoms with E-state index < -0.39 is 58.0 Å². The van der Waals surface area contributed by atoms with E-state index in [9.17, 15) is 34.8 Å². The number of Topliss-reactive ketones (excluding diaryl/α,β-unsaturated/α-hetero) is 2. The Morgan fingerprint density at radius 3 is 2.46 bits per heavy atom. The number of ketones is 2. The number of halogens is 1. The molecule has 1 unspecified atom stereocenters. The van der Waals surface area contributed by atoms with Crippen LogP contribution in [0.25, 0.3) is 16.9 Å². The third-order valence-corrected chi connectivity index (χ3v) is 7.87. The molecule has 0 aliphatic heterocycles. The summed E-state index contributed by atoms with van der Waals surface area (Å²) in [6, 6.07) is 5.24. The number of phenolic OH excluding ortho intramolecular Hbond substituents is 1. The van der Waals surface area contributed by atoms with Gasteiger partial charge >= 0.3 is 0 Å². The molecule has 0 radical (unpaired) electrons. The van der Waals surface area contributed by atoms with Crippen LogP contribution in [0.4, 0.5) is 0 Å². The number of aromatic nitrogens is 1. The number of hydrogen-bond donors (Lipinski definition) is 5. The molecule has 1 aromatic heterocycles. The number of rotatable bonds is 3. The van der Waals surface area contributed by atoms with Gasteiger partial charge in [-0.05, 0) is 62.2 Å². The summed E-state index contributed by atoms with van der Waals surface area (Å²) in [5.74, 6) is -6.86. The molecule has 6 N–H and O–H groups in total. The van der Waals surface area contributed by atoms with E-state index in [1.54, 1.807) is 38.5 Å². The minimum atomic E-state index is -2.67. The van der Waals surface area contributed by atoms with Gasteiger partial charge in [0.1, 0.15) is 28.0 Å². The van der Waals surface area contributed by atoms with Crippen LogP contribution in [0.1, 0.15) is 17.5 Å². The number of nitrogens with two attached hydrogens (primary N) is 1. The first-order chi connectivity index (χ1) is 17.4. The molecule has 1 heterocycles. The van der Waals surface area contributed by atoms with Crippen molar-refractivity contribution in [1.29, 1.82) is 0 Å². The summed E-state index contributed by atoms with van der Waals surface area (Å²) in [7, 11) is 3.11. The van der Waals surface area contributed by atoms with Gasteiger partial charge in [-0.1, -0.05) is 17.7 Å². The van der Waals surface area contributed by atoms with Gasteiger partial charge in [0.2, 0.25) is 5.78 Å². The Morgan fingerprint density at radius 2 is 1.86 bits per heavy atom. The van der Waals surface area contributed by atoms with Crippen molar-refractivity contribution in [2.75, 3.05) is 14.1 Å². The van der Waals surface area contributed by atoms with Crippen molar-refractivity contribution in [3.8, 4) is 16.9 Å². The van der Waals surface area contributed by atoms with Crippen molar-refractivity contribution < 1.29 is 34.8 Å². The predicted octanol–water partition coefficient (Wildman–Crippen LogP) is 1.68. The van der Waals surface area contributed by atoms with Crippen LogP contribution in [0.2, 0.25) is 5.15 Å². The zero-order valence-electron chi connectivity index (χ0n) is 19.9. The number of fused-ring (bicyclic) bond motifs is 3. The lowest BCUT2D eigenvalue weighted by Crippen LogP contribution is -2.65. The number of benzene rings is 1. The maximum atomic E-state index is 13.8.